The van der Waals surface area contributed by atoms with E-state index in [4.69, 9.17) is 5.11 Å². The van der Waals surface area contributed by atoms with Crippen LogP contribution < -0.4 is 0 Å². The number of rotatable bonds is 4. The van der Waals surface area contributed by atoms with E-state index in [0.717, 1.165) is 19.3 Å². The summed E-state index contributed by atoms with van der Waals surface area (Å²) >= 11 is 0. The Hall–Kier alpha value is -1.83. The summed E-state index contributed by atoms with van der Waals surface area (Å²) in [6.45, 7) is 0. The molecule has 0 spiro atoms. The van der Waals surface area contributed by atoms with Crippen molar-refractivity contribution in [3.63, 3.8) is 0 Å². The molecule has 82 valence electrons. The summed E-state index contributed by atoms with van der Waals surface area (Å²) in [5, 5.41) is 9.15. The summed E-state index contributed by atoms with van der Waals surface area (Å²) in [4.78, 5) is 4.09. The average molecular weight is 213 g/mol. The maximum absolute atomic E-state index is 9.15. The maximum Gasteiger partial charge on any atom is 0.115 e. The Bertz CT molecular complexity index is 422. The lowest BCUT2D eigenvalue weighted by Gasteiger charge is -2.02. The van der Waals surface area contributed by atoms with Gasteiger partial charge < -0.3 is 5.11 Å². The van der Waals surface area contributed by atoms with Gasteiger partial charge >= 0.3 is 0 Å². The summed E-state index contributed by atoms with van der Waals surface area (Å²) < 4.78 is 0. The van der Waals surface area contributed by atoms with E-state index in [9.17, 15) is 0 Å². The van der Waals surface area contributed by atoms with Crippen molar-refractivity contribution in [2.45, 2.75) is 19.3 Å². The van der Waals surface area contributed by atoms with Gasteiger partial charge in [-0.15, -0.1) is 0 Å². The van der Waals surface area contributed by atoms with Gasteiger partial charge in [0, 0.05) is 12.4 Å². The minimum atomic E-state index is 0.330. The van der Waals surface area contributed by atoms with Gasteiger partial charge in [0.05, 0.1) is 0 Å². The number of phenolic OH excluding ortho intramolecular Hbond substituents is 1. The summed E-state index contributed by atoms with van der Waals surface area (Å²) in [6.07, 6.45) is 6.90. The first kappa shape index (κ1) is 10.7. The number of hydrogen-bond acceptors (Lipinski definition) is 2. The third kappa shape index (κ3) is 3.09. The molecule has 16 heavy (non-hydrogen) atoms. The summed E-state index contributed by atoms with van der Waals surface area (Å²) in [7, 11) is 0. The monoisotopic (exact) mass is 213 g/mol. The van der Waals surface area contributed by atoms with Gasteiger partial charge in [0.2, 0.25) is 0 Å². The molecule has 1 heterocycles. The maximum atomic E-state index is 9.15. The number of aromatic nitrogens is 1. The predicted octanol–water partition coefficient (Wildman–Crippen LogP) is 2.96. The summed E-state index contributed by atoms with van der Waals surface area (Å²) in [5.74, 6) is 0.330. The molecule has 0 bridgehead atoms. The molecule has 2 heteroatoms. The van der Waals surface area contributed by atoms with E-state index in [1.807, 2.05) is 24.4 Å². The van der Waals surface area contributed by atoms with Gasteiger partial charge in [0.25, 0.3) is 0 Å². The molecule has 0 aliphatic rings. The molecule has 2 aromatic rings. The van der Waals surface area contributed by atoms with Crippen molar-refractivity contribution in [2.24, 2.45) is 0 Å². The first-order valence-electron chi connectivity index (χ1n) is 5.51. The van der Waals surface area contributed by atoms with Crippen molar-refractivity contribution >= 4 is 0 Å². The van der Waals surface area contributed by atoms with Gasteiger partial charge in [-0.2, -0.15) is 0 Å². The second-order valence-corrected chi connectivity index (χ2v) is 3.88. The molecule has 0 saturated carbocycles. The van der Waals surface area contributed by atoms with Crippen LogP contribution in [0.3, 0.4) is 0 Å². The van der Waals surface area contributed by atoms with Crippen LogP contribution in [0.25, 0.3) is 0 Å². The normalized spacial score (nSPS) is 10.2. The Morgan fingerprint density at radius 1 is 0.938 bits per heavy atom. The average Bonchev–Trinajstić information content (AvgIpc) is 2.33. The van der Waals surface area contributed by atoms with Crippen LogP contribution in [0.5, 0.6) is 5.75 Å². The molecule has 0 fully saturated rings. The van der Waals surface area contributed by atoms with E-state index in [1.54, 1.807) is 18.3 Å². The SMILES string of the molecule is Oc1ccc(CCCc2cccnc2)cc1. The number of aryl methyl sites for hydroxylation is 2. The Kier molecular flexibility index (Phi) is 3.54. The highest BCUT2D eigenvalue weighted by atomic mass is 16.3. The molecule has 1 aromatic heterocycles. The number of aromatic hydroxyl groups is 1. The molecule has 0 aliphatic carbocycles. The number of hydrogen-bond donors (Lipinski definition) is 1. The third-order valence-corrected chi connectivity index (χ3v) is 2.59. The first-order valence-corrected chi connectivity index (χ1v) is 5.51. The lowest BCUT2D eigenvalue weighted by atomic mass is 10.1. The van der Waals surface area contributed by atoms with Crippen molar-refractivity contribution in [1.82, 2.24) is 4.98 Å². The van der Waals surface area contributed by atoms with Gasteiger partial charge in [0.15, 0.2) is 0 Å². The van der Waals surface area contributed by atoms with Crippen LogP contribution in [0.2, 0.25) is 0 Å². The van der Waals surface area contributed by atoms with Crippen molar-refractivity contribution in [3.8, 4) is 5.75 Å². The van der Waals surface area contributed by atoms with E-state index >= 15 is 0 Å². The number of nitrogens with zero attached hydrogens (tertiary/aromatic N) is 1. The molecular formula is C14H15NO. The molecule has 0 amide bonds. The van der Waals surface area contributed by atoms with Gasteiger partial charge in [-0.1, -0.05) is 18.2 Å². The zero-order valence-corrected chi connectivity index (χ0v) is 9.13. The fraction of sp³-hybridized carbons (Fsp3) is 0.214. The molecule has 0 radical (unpaired) electrons. The van der Waals surface area contributed by atoms with Crippen LogP contribution in [0.15, 0.2) is 48.8 Å². The van der Waals surface area contributed by atoms with Crippen molar-refractivity contribution in [2.75, 3.05) is 0 Å². The van der Waals surface area contributed by atoms with E-state index in [1.165, 1.54) is 11.1 Å². The van der Waals surface area contributed by atoms with Crippen LogP contribution in [0.1, 0.15) is 17.5 Å². The van der Waals surface area contributed by atoms with Crippen LogP contribution in [-0.2, 0) is 12.8 Å². The number of pyridine rings is 1. The minimum absolute atomic E-state index is 0.330. The van der Waals surface area contributed by atoms with Crippen LogP contribution in [0, 0.1) is 0 Å². The van der Waals surface area contributed by atoms with E-state index < -0.39 is 0 Å². The molecule has 2 rings (SSSR count). The van der Waals surface area contributed by atoms with Gasteiger partial charge in [-0.25, -0.2) is 0 Å². The number of benzene rings is 1. The van der Waals surface area contributed by atoms with Gasteiger partial charge in [-0.05, 0) is 48.6 Å². The standard InChI is InChI=1S/C14H15NO/c16-14-8-6-12(7-9-14)3-1-4-13-5-2-10-15-11-13/h2,5-11,16H,1,3-4H2. The summed E-state index contributed by atoms with van der Waals surface area (Å²) in [5.41, 5.74) is 2.54. The highest BCUT2D eigenvalue weighted by Gasteiger charge is 1.95. The number of phenols is 1. The molecule has 1 aromatic carbocycles. The zero-order valence-electron chi connectivity index (χ0n) is 9.13. The molecule has 0 atom stereocenters. The molecule has 0 saturated heterocycles. The molecular weight excluding hydrogens is 198 g/mol. The fourth-order valence-electron chi connectivity index (χ4n) is 1.71. The quantitative estimate of drug-likeness (QED) is 0.847. The smallest absolute Gasteiger partial charge is 0.115 e. The predicted molar refractivity (Wildman–Crippen MR) is 64.4 cm³/mol. The Morgan fingerprint density at radius 3 is 2.38 bits per heavy atom. The van der Waals surface area contributed by atoms with Crippen molar-refractivity contribution in [3.05, 3.63) is 59.9 Å². The van der Waals surface area contributed by atoms with Gasteiger partial charge in [-0.3, -0.25) is 4.98 Å². The topological polar surface area (TPSA) is 33.1 Å². The Balaban J connectivity index is 1.82. The minimum Gasteiger partial charge on any atom is -0.508 e. The fourth-order valence-corrected chi connectivity index (χ4v) is 1.71. The van der Waals surface area contributed by atoms with E-state index in [2.05, 4.69) is 11.1 Å². The molecule has 1 N–H and O–H groups in total. The Morgan fingerprint density at radius 2 is 1.69 bits per heavy atom. The lowest BCUT2D eigenvalue weighted by Crippen LogP contribution is -1.90. The van der Waals surface area contributed by atoms with E-state index in [-0.39, 0.29) is 0 Å². The molecule has 2 nitrogen and oxygen atoms in total. The highest BCUT2D eigenvalue weighted by Crippen LogP contribution is 2.12. The van der Waals surface area contributed by atoms with Crippen molar-refractivity contribution in [1.29, 1.82) is 0 Å². The molecule has 0 unspecified atom stereocenters. The van der Waals surface area contributed by atoms with Gasteiger partial charge in [0.1, 0.15) is 5.75 Å². The van der Waals surface area contributed by atoms with Crippen LogP contribution in [0.4, 0.5) is 0 Å². The van der Waals surface area contributed by atoms with Crippen LogP contribution >= 0.6 is 0 Å². The first-order chi connectivity index (χ1) is 7.84. The Labute approximate surface area is 95.6 Å². The third-order valence-electron chi connectivity index (χ3n) is 2.59. The zero-order chi connectivity index (χ0) is 11.2. The molecule has 0 aliphatic heterocycles. The second-order valence-electron chi connectivity index (χ2n) is 3.88. The summed E-state index contributed by atoms with van der Waals surface area (Å²) in [6, 6.07) is 11.5. The van der Waals surface area contributed by atoms with Crippen molar-refractivity contribution < 1.29 is 5.11 Å². The lowest BCUT2D eigenvalue weighted by molar-refractivity contribution is 0.475. The van der Waals surface area contributed by atoms with E-state index in [0.29, 0.717) is 5.75 Å². The highest BCUT2D eigenvalue weighted by molar-refractivity contribution is 5.26. The largest absolute Gasteiger partial charge is 0.508 e. The second kappa shape index (κ2) is 5.31. The van der Waals surface area contributed by atoms with Crippen LogP contribution in [-0.4, -0.2) is 10.1 Å².